The van der Waals surface area contributed by atoms with Crippen LogP contribution in [0.25, 0.3) is 0 Å². The number of nitrogens with two attached hydrogens (primary N) is 1. The van der Waals surface area contributed by atoms with Crippen LogP contribution in [0.4, 0.5) is 0 Å². The van der Waals surface area contributed by atoms with Crippen LogP contribution in [-0.4, -0.2) is 42.9 Å². The molecule has 3 N–H and O–H groups in total. The first-order valence-electron chi connectivity index (χ1n) is 7.92. The van der Waals surface area contributed by atoms with Gasteiger partial charge in [-0.2, -0.15) is 0 Å². The second-order valence-corrected chi connectivity index (χ2v) is 6.23. The summed E-state index contributed by atoms with van der Waals surface area (Å²) in [5, 5.41) is 3.35. The number of primary amides is 1. The normalized spacial score (nSPS) is 21.9. The Morgan fingerprint density at radius 3 is 2.30 bits per heavy atom. The summed E-state index contributed by atoms with van der Waals surface area (Å²) in [5.41, 5.74) is 5.22. The van der Waals surface area contributed by atoms with Crippen molar-refractivity contribution >= 4 is 11.8 Å². The van der Waals surface area contributed by atoms with Crippen LogP contribution in [0.1, 0.15) is 44.9 Å². The van der Waals surface area contributed by atoms with E-state index >= 15 is 0 Å². The summed E-state index contributed by atoms with van der Waals surface area (Å²) in [4.78, 5) is 25.1. The van der Waals surface area contributed by atoms with Crippen LogP contribution in [0, 0.1) is 11.8 Å². The zero-order valence-corrected chi connectivity index (χ0v) is 12.3. The molecule has 0 radical (unpaired) electrons. The monoisotopic (exact) mass is 281 g/mol. The molecule has 0 aromatic rings. The van der Waals surface area contributed by atoms with E-state index < -0.39 is 0 Å². The van der Waals surface area contributed by atoms with Gasteiger partial charge in [-0.1, -0.05) is 0 Å². The van der Waals surface area contributed by atoms with Crippen LogP contribution in [0.5, 0.6) is 0 Å². The molecular weight excluding hydrogens is 254 g/mol. The van der Waals surface area contributed by atoms with Crippen molar-refractivity contribution in [1.29, 1.82) is 0 Å². The number of hydrogen-bond acceptors (Lipinski definition) is 3. The van der Waals surface area contributed by atoms with Crippen molar-refractivity contribution in [3.63, 3.8) is 0 Å². The molecule has 2 heterocycles. The molecule has 0 saturated carbocycles. The van der Waals surface area contributed by atoms with E-state index in [1.807, 2.05) is 4.90 Å². The molecule has 2 saturated heterocycles. The fourth-order valence-electron chi connectivity index (χ4n) is 3.33. The lowest BCUT2D eigenvalue weighted by Crippen LogP contribution is -2.39. The Kier molecular flexibility index (Phi) is 5.83. The number of carbonyl (C=O) groups excluding carboxylic acids is 2. The second-order valence-electron chi connectivity index (χ2n) is 6.23. The summed E-state index contributed by atoms with van der Waals surface area (Å²) >= 11 is 0. The van der Waals surface area contributed by atoms with E-state index in [9.17, 15) is 9.59 Å². The van der Waals surface area contributed by atoms with Gasteiger partial charge in [-0.25, -0.2) is 0 Å². The van der Waals surface area contributed by atoms with E-state index in [-0.39, 0.29) is 5.91 Å². The Bertz CT molecular complexity index is 332. The predicted octanol–water partition coefficient (Wildman–Crippen LogP) is 0.880. The molecule has 5 nitrogen and oxygen atoms in total. The average Bonchev–Trinajstić information content (AvgIpc) is 2.46. The number of amides is 2. The van der Waals surface area contributed by atoms with Crippen LogP contribution >= 0.6 is 0 Å². The molecule has 2 aliphatic rings. The molecule has 114 valence electrons. The van der Waals surface area contributed by atoms with E-state index in [0.717, 1.165) is 45.4 Å². The van der Waals surface area contributed by atoms with Crippen LogP contribution < -0.4 is 11.1 Å². The van der Waals surface area contributed by atoms with Crippen LogP contribution in [0.3, 0.4) is 0 Å². The van der Waals surface area contributed by atoms with Gasteiger partial charge in [0.15, 0.2) is 0 Å². The highest BCUT2D eigenvalue weighted by Gasteiger charge is 2.24. The number of likely N-dealkylation sites (tertiary alicyclic amines) is 1. The van der Waals surface area contributed by atoms with Gasteiger partial charge in [-0.15, -0.1) is 0 Å². The van der Waals surface area contributed by atoms with E-state index in [1.165, 1.54) is 12.8 Å². The zero-order chi connectivity index (χ0) is 14.4. The maximum absolute atomic E-state index is 12.2. The van der Waals surface area contributed by atoms with E-state index in [1.54, 1.807) is 0 Å². The fourth-order valence-corrected chi connectivity index (χ4v) is 3.33. The minimum absolute atomic E-state index is 0.222. The number of hydrogen-bond donors (Lipinski definition) is 2. The fraction of sp³-hybridized carbons (Fsp3) is 0.867. The van der Waals surface area contributed by atoms with E-state index in [2.05, 4.69) is 5.32 Å². The lowest BCUT2D eigenvalue weighted by molar-refractivity contribution is -0.133. The molecule has 5 heteroatoms. The predicted molar refractivity (Wildman–Crippen MR) is 77.9 cm³/mol. The minimum atomic E-state index is -0.222. The third-order valence-electron chi connectivity index (χ3n) is 4.68. The molecule has 0 aromatic heterocycles. The van der Waals surface area contributed by atoms with Gasteiger partial charge in [0.05, 0.1) is 0 Å². The Labute approximate surface area is 121 Å². The molecule has 2 rings (SSSR count). The Balaban J connectivity index is 1.65. The molecule has 2 amide bonds. The highest BCUT2D eigenvalue weighted by Crippen LogP contribution is 2.22. The van der Waals surface area contributed by atoms with Crippen LogP contribution in [0.15, 0.2) is 0 Å². The van der Waals surface area contributed by atoms with Gasteiger partial charge in [0.1, 0.15) is 0 Å². The van der Waals surface area contributed by atoms with Gasteiger partial charge < -0.3 is 16.0 Å². The third kappa shape index (κ3) is 4.78. The van der Waals surface area contributed by atoms with Gasteiger partial charge in [0.2, 0.25) is 11.8 Å². The average molecular weight is 281 g/mol. The lowest BCUT2D eigenvalue weighted by Gasteiger charge is -2.32. The number of carbonyl (C=O) groups is 2. The van der Waals surface area contributed by atoms with Crippen molar-refractivity contribution in [3.05, 3.63) is 0 Å². The molecular formula is C15H27N3O2. The first-order valence-corrected chi connectivity index (χ1v) is 7.92. The number of nitrogens with one attached hydrogen (secondary N) is 1. The van der Waals surface area contributed by atoms with E-state index in [0.29, 0.717) is 30.6 Å². The van der Waals surface area contributed by atoms with E-state index in [4.69, 9.17) is 5.73 Å². The molecule has 0 aliphatic carbocycles. The summed E-state index contributed by atoms with van der Waals surface area (Å²) in [6.45, 7) is 3.78. The molecule has 2 fully saturated rings. The zero-order valence-electron chi connectivity index (χ0n) is 12.3. The number of piperidine rings is 2. The number of nitrogens with zero attached hydrogens (tertiary/aromatic N) is 1. The van der Waals surface area contributed by atoms with Crippen molar-refractivity contribution in [2.75, 3.05) is 26.2 Å². The summed E-state index contributed by atoms with van der Waals surface area (Å²) in [7, 11) is 0. The Morgan fingerprint density at radius 1 is 1.05 bits per heavy atom. The topological polar surface area (TPSA) is 75.4 Å². The molecule has 0 aromatic carbocycles. The molecule has 0 spiro atoms. The van der Waals surface area contributed by atoms with Crippen molar-refractivity contribution in [3.8, 4) is 0 Å². The van der Waals surface area contributed by atoms with Crippen molar-refractivity contribution in [2.24, 2.45) is 17.6 Å². The second kappa shape index (κ2) is 7.62. The SMILES string of the molecule is NC(=O)CC1CCN(C(=O)CCC2CCNCC2)CC1. The quantitative estimate of drug-likeness (QED) is 0.785. The molecule has 0 atom stereocenters. The first-order chi connectivity index (χ1) is 9.65. The summed E-state index contributed by atoms with van der Waals surface area (Å²) in [6, 6.07) is 0. The van der Waals surface area contributed by atoms with Crippen molar-refractivity contribution in [2.45, 2.75) is 44.9 Å². The smallest absolute Gasteiger partial charge is 0.222 e. The van der Waals surface area contributed by atoms with Gasteiger partial charge in [0.25, 0.3) is 0 Å². The lowest BCUT2D eigenvalue weighted by atomic mass is 9.91. The molecule has 0 bridgehead atoms. The molecule has 20 heavy (non-hydrogen) atoms. The third-order valence-corrected chi connectivity index (χ3v) is 4.68. The molecule has 2 aliphatic heterocycles. The standard InChI is InChI=1S/C15H27N3O2/c16-14(19)11-13-5-9-18(10-6-13)15(20)2-1-12-3-7-17-8-4-12/h12-13,17H,1-11H2,(H2,16,19). The van der Waals surface area contributed by atoms with Gasteiger partial charge in [0, 0.05) is 25.9 Å². The van der Waals surface area contributed by atoms with Crippen LogP contribution in [0.2, 0.25) is 0 Å². The molecule has 0 unspecified atom stereocenters. The summed E-state index contributed by atoms with van der Waals surface area (Å²) in [5.74, 6) is 1.16. The minimum Gasteiger partial charge on any atom is -0.370 e. The Morgan fingerprint density at radius 2 is 1.70 bits per heavy atom. The van der Waals surface area contributed by atoms with Crippen molar-refractivity contribution in [1.82, 2.24) is 10.2 Å². The van der Waals surface area contributed by atoms with Gasteiger partial charge >= 0.3 is 0 Å². The maximum Gasteiger partial charge on any atom is 0.222 e. The summed E-state index contributed by atoms with van der Waals surface area (Å²) < 4.78 is 0. The first kappa shape index (κ1) is 15.3. The summed E-state index contributed by atoms with van der Waals surface area (Å²) in [6.07, 6.45) is 6.43. The largest absolute Gasteiger partial charge is 0.370 e. The van der Waals surface area contributed by atoms with Crippen molar-refractivity contribution < 1.29 is 9.59 Å². The Hall–Kier alpha value is -1.10. The highest BCUT2D eigenvalue weighted by molar-refractivity contribution is 5.76. The number of rotatable bonds is 5. The maximum atomic E-state index is 12.2. The van der Waals surface area contributed by atoms with Crippen LogP contribution in [-0.2, 0) is 9.59 Å². The van der Waals surface area contributed by atoms with Gasteiger partial charge in [-0.05, 0) is 57.0 Å². The van der Waals surface area contributed by atoms with Gasteiger partial charge in [-0.3, -0.25) is 9.59 Å². The highest BCUT2D eigenvalue weighted by atomic mass is 16.2.